The first-order valence-corrected chi connectivity index (χ1v) is 10.3. The number of anilines is 1. The highest BCUT2D eigenvalue weighted by Crippen LogP contribution is 2.44. The molecule has 1 saturated carbocycles. The molecule has 128 valence electrons. The zero-order chi connectivity index (χ0) is 16.9. The summed E-state index contributed by atoms with van der Waals surface area (Å²) < 4.78 is 25.0. The molecule has 3 aliphatic rings. The van der Waals surface area contributed by atoms with Crippen molar-refractivity contribution in [2.24, 2.45) is 17.8 Å². The topological polar surface area (TPSA) is 66.5 Å². The summed E-state index contributed by atoms with van der Waals surface area (Å²) in [5.74, 6) is 1.13. The molecular weight excluding hydrogens is 324 g/mol. The number of nitrogens with zero attached hydrogens (tertiary/aromatic N) is 1. The number of hydrogen-bond donors (Lipinski definition) is 1. The lowest BCUT2D eigenvalue weighted by molar-refractivity contribution is -0.120. The van der Waals surface area contributed by atoms with Gasteiger partial charge in [-0.3, -0.25) is 4.79 Å². The lowest BCUT2D eigenvalue weighted by Crippen LogP contribution is -2.35. The molecule has 0 spiro atoms. The first-order valence-electron chi connectivity index (χ1n) is 8.47. The Labute approximate surface area is 142 Å². The van der Waals surface area contributed by atoms with Crippen LogP contribution >= 0.6 is 0 Å². The van der Waals surface area contributed by atoms with Gasteiger partial charge in [0.15, 0.2) is 0 Å². The predicted octanol–water partition coefficient (Wildman–Crippen LogP) is 2.16. The second kappa shape index (κ2) is 5.70. The summed E-state index contributed by atoms with van der Waals surface area (Å²) >= 11 is 0. The molecule has 2 aliphatic carbocycles. The molecule has 1 N–H and O–H groups in total. The number of allylic oxidation sites excluding steroid dienone is 2. The third-order valence-electron chi connectivity index (χ3n) is 5.57. The molecule has 0 unspecified atom stereocenters. The zero-order valence-corrected chi connectivity index (χ0v) is 14.6. The van der Waals surface area contributed by atoms with E-state index in [0.29, 0.717) is 31.3 Å². The fourth-order valence-corrected chi connectivity index (χ4v) is 5.09. The number of hydrogen-bond acceptors (Lipinski definition) is 3. The third-order valence-corrected chi connectivity index (χ3v) is 6.82. The van der Waals surface area contributed by atoms with Gasteiger partial charge in [0.25, 0.3) is 0 Å². The van der Waals surface area contributed by atoms with E-state index in [1.165, 1.54) is 10.6 Å². The Bertz CT molecular complexity index is 816. The minimum absolute atomic E-state index is 0.0759. The Hall–Kier alpha value is -1.66. The van der Waals surface area contributed by atoms with Crippen molar-refractivity contribution in [3.8, 4) is 0 Å². The van der Waals surface area contributed by atoms with Crippen molar-refractivity contribution in [3.63, 3.8) is 0 Å². The summed E-state index contributed by atoms with van der Waals surface area (Å²) in [6.07, 6.45) is 8.35. The number of amides is 1. The first kappa shape index (κ1) is 15.8. The van der Waals surface area contributed by atoms with Crippen LogP contribution in [0.5, 0.6) is 0 Å². The van der Waals surface area contributed by atoms with Gasteiger partial charge in [-0.25, -0.2) is 8.42 Å². The van der Waals surface area contributed by atoms with Crippen LogP contribution in [0.2, 0.25) is 0 Å². The number of benzene rings is 1. The fraction of sp³-hybridized carbons (Fsp3) is 0.500. The minimum atomic E-state index is -3.19. The maximum Gasteiger partial charge on any atom is 0.228 e. The van der Waals surface area contributed by atoms with E-state index >= 15 is 0 Å². The Kier molecular flexibility index (Phi) is 3.77. The van der Waals surface area contributed by atoms with E-state index in [1.807, 2.05) is 18.2 Å². The van der Waals surface area contributed by atoms with E-state index in [4.69, 9.17) is 0 Å². The van der Waals surface area contributed by atoms with Gasteiger partial charge in [0.1, 0.15) is 0 Å². The summed E-state index contributed by atoms with van der Waals surface area (Å²) in [6.45, 7) is 0.852. The normalized spacial score (nSPS) is 28.8. The van der Waals surface area contributed by atoms with Crippen LogP contribution in [0, 0.1) is 17.8 Å². The quantitative estimate of drug-likeness (QED) is 0.853. The molecule has 24 heavy (non-hydrogen) atoms. The Morgan fingerprint density at radius 2 is 2.08 bits per heavy atom. The van der Waals surface area contributed by atoms with Crippen LogP contribution in [0.3, 0.4) is 0 Å². The number of carbonyl (C=O) groups is 1. The van der Waals surface area contributed by atoms with Crippen molar-refractivity contribution in [1.29, 1.82) is 0 Å². The van der Waals surface area contributed by atoms with Gasteiger partial charge >= 0.3 is 0 Å². The van der Waals surface area contributed by atoms with Crippen LogP contribution in [0.4, 0.5) is 5.69 Å². The standard InChI is InChI=1S/C18H22N2O3S/c1-24(22,23)20-8-7-15-14(11-20)3-2-4-17(15)19-18(21)16-10-12-5-6-13(16)9-12/h2-6,12-13,16H,7-11H2,1H3,(H,19,21)/t12-,13-,16-/m0/s1. The van der Waals surface area contributed by atoms with Gasteiger partial charge in [0, 0.05) is 24.7 Å². The molecule has 1 amide bonds. The Balaban J connectivity index is 1.53. The second-order valence-corrected chi connectivity index (χ2v) is 9.15. The lowest BCUT2D eigenvalue weighted by Gasteiger charge is -2.28. The molecule has 1 aromatic rings. The highest BCUT2D eigenvalue weighted by Gasteiger charge is 2.40. The second-order valence-electron chi connectivity index (χ2n) is 7.17. The third kappa shape index (κ3) is 2.78. The van der Waals surface area contributed by atoms with Crippen LogP contribution in [0.25, 0.3) is 0 Å². The van der Waals surface area contributed by atoms with E-state index in [9.17, 15) is 13.2 Å². The Morgan fingerprint density at radius 1 is 1.25 bits per heavy atom. The summed E-state index contributed by atoms with van der Waals surface area (Å²) in [6, 6.07) is 5.76. The van der Waals surface area contributed by atoms with Crippen LogP contribution in [-0.4, -0.2) is 31.4 Å². The summed E-state index contributed by atoms with van der Waals surface area (Å²) in [5, 5.41) is 3.11. The predicted molar refractivity (Wildman–Crippen MR) is 92.9 cm³/mol. The van der Waals surface area contributed by atoms with E-state index in [0.717, 1.165) is 29.7 Å². The van der Waals surface area contributed by atoms with Gasteiger partial charge < -0.3 is 5.32 Å². The number of nitrogens with one attached hydrogen (secondary N) is 1. The molecule has 1 fully saturated rings. The number of carbonyl (C=O) groups excluding carboxylic acids is 1. The fourth-order valence-electron chi connectivity index (χ4n) is 4.29. The molecule has 6 heteroatoms. The first-order chi connectivity index (χ1) is 11.4. The molecule has 2 bridgehead atoms. The van der Waals surface area contributed by atoms with E-state index in [2.05, 4.69) is 17.5 Å². The van der Waals surface area contributed by atoms with Gasteiger partial charge in [-0.1, -0.05) is 24.3 Å². The highest BCUT2D eigenvalue weighted by atomic mass is 32.2. The van der Waals surface area contributed by atoms with Gasteiger partial charge in [-0.05, 0) is 48.3 Å². The number of sulfonamides is 1. The van der Waals surface area contributed by atoms with Crippen molar-refractivity contribution in [2.45, 2.75) is 25.8 Å². The van der Waals surface area contributed by atoms with Gasteiger partial charge in [0.05, 0.1) is 6.26 Å². The van der Waals surface area contributed by atoms with Crippen LogP contribution in [-0.2, 0) is 27.8 Å². The molecule has 0 saturated heterocycles. The molecule has 1 aliphatic heterocycles. The molecule has 5 nitrogen and oxygen atoms in total. The van der Waals surface area contributed by atoms with E-state index < -0.39 is 10.0 Å². The van der Waals surface area contributed by atoms with E-state index in [-0.39, 0.29) is 11.8 Å². The Morgan fingerprint density at radius 3 is 2.75 bits per heavy atom. The van der Waals surface area contributed by atoms with Crippen LogP contribution < -0.4 is 5.32 Å². The summed E-state index contributed by atoms with van der Waals surface area (Å²) in [4.78, 5) is 12.7. The maximum absolute atomic E-state index is 12.7. The molecule has 4 rings (SSSR count). The van der Waals surface area contributed by atoms with Crippen molar-refractivity contribution in [2.75, 3.05) is 18.1 Å². The maximum atomic E-state index is 12.7. The van der Waals surface area contributed by atoms with Crippen LogP contribution in [0.15, 0.2) is 30.4 Å². The smallest absolute Gasteiger partial charge is 0.228 e. The lowest BCUT2D eigenvalue weighted by atomic mass is 9.92. The monoisotopic (exact) mass is 346 g/mol. The number of fused-ring (bicyclic) bond motifs is 3. The summed E-state index contributed by atoms with van der Waals surface area (Å²) in [5.41, 5.74) is 2.90. The minimum Gasteiger partial charge on any atom is -0.326 e. The van der Waals surface area contributed by atoms with Crippen LogP contribution in [0.1, 0.15) is 24.0 Å². The van der Waals surface area contributed by atoms with Gasteiger partial charge in [-0.15, -0.1) is 0 Å². The highest BCUT2D eigenvalue weighted by molar-refractivity contribution is 7.88. The molecule has 1 aromatic carbocycles. The molecule has 0 aromatic heterocycles. The van der Waals surface area contributed by atoms with Crippen molar-refractivity contribution < 1.29 is 13.2 Å². The van der Waals surface area contributed by atoms with Crippen molar-refractivity contribution >= 4 is 21.6 Å². The van der Waals surface area contributed by atoms with E-state index in [1.54, 1.807) is 0 Å². The molecule has 0 radical (unpaired) electrons. The summed E-state index contributed by atoms with van der Waals surface area (Å²) in [7, 11) is -3.19. The van der Waals surface area contributed by atoms with Gasteiger partial charge in [0.2, 0.25) is 15.9 Å². The van der Waals surface area contributed by atoms with Gasteiger partial charge in [-0.2, -0.15) is 4.31 Å². The van der Waals surface area contributed by atoms with Crippen molar-refractivity contribution in [3.05, 3.63) is 41.5 Å². The average Bonchev–Trinajstić information content (AvgIpc) is 3.17. The zero-order valence-electron chi connectivity index (χ0n) is 13.7. The van der Waals surface area contributed by atoms with Crippen molar-refractivity contribution in [1.82, 2.24) is 4.31 Å². The molecule has 1 heterocycles. The molecular formula is C18H22N2O3S. The average molecular weight is 346 g/mol. The SMILES string of the molecule is CS(=O)(=O)N1CCc2c(cccc2NC(=O)[C@H]2C[C@H]3C=C[C@H]2C3)C1. The number of rotatable bonds is 3. The largest absolute Gasteiger partial charge is 0.326 e. The molecule has 3 atom stereocenters.